The van der Waals surface area contributed by atoms with E-state index in [-0.39, 0.29) is 23.2 Å². The fraction of sp³-hybridized carbons (Fsp3) is 0.294. The third-order valence-electron chi connectivity index (χ3n) is 7.95. The van der Waals surface area contributed by atoms with Crippen LogP contribution in [0.4, 0.5) is 0 Å². The smallest absolute Gasteiger partial charge is 0.356 e. The molecule has 0 bridgehead atoms. The highest BCUT2D eigenvalue weighted by Crippen LogP contribution is 2.40. The number of carbonyl (C=O) groups excluding carboxylic acids is 2. The number of imidazole rings is 1. The predicted molar refractivity (Wildman–Crippen MR) is 171 cm³/mol. The summed E-state index contributed by atoms with van der Waals surface area (Å²) in [5, 5.41) is 8.02. The predicted octanol–water partition coefficient (Wildman–Crippen LogP) is 6.50. The molecule has 5 rings (SSSR count). The summed E-state index contributed by atoms with van der Waals surface area (Å²) >= 11 is 6.71. The van der Waals surface area contributed by atoms with Crippen LogP contribution < -0.4 is 10.8 Å². The second-order valence-electron chi connectivity index (χ2n) is 11.9. The lowest BCUT2D eigenvalue weighted by molar-refractivity contribution is 0.0217. The lowest BCUT2D eigenvalue weighted by Crippen LogP contribution is -2.36. The Kier molecular flexibility index (Phi) is 9.17. The van der Waals surface area contributed by atoms with Gasteiger partial charge in [0.15, 0.2) is 0 Å². The van der Waals surface area contributed by atoms with E-state index in [0.717, 1.165) is 22.2 Å². The van der Waals surface area contributed by atoms with Crippen LogP contribution in [0.2, 0.25) is 5.02 Å². The molecule has 0 aliphatic rings. The molecule has 228 valence electrons. The lowest BCUT2D eigenvalue weighted by Gasteiger charge is -2.31. The number of nitrogens with zero attached hydrogens (tertiary/aromatic N) is 3. The van der Waals surface area contributed by atoms with Crippen LogP contribution in [0.25, 0.3) is 11.0 Å². The highest BCUT2D eigenvalue weighted by atomic mass is 35.5. The maximum Gasteiger partial charge on any atom is 0.356 e. The van der Waals surface area contributed by atoms with Gasteiger partial charge >= 0.3 is 5.97 Å². The number of halogens is 1. The lowest BCUT2D eigenvalue weighted by atomic mass is 9.81. The Morgan fingerprint density at radius 2 is 1.75 bits per heavy atom. The summed E-state index contributed by atoms with van der Waals surface area (Å²) in [6.45, 7) is 8.75. The maximum absolute atomic E-state index is 13.5. The van der Waals surface area contributed by atoms with E-state index in [0.29, 0.717) is 28.6 Å². The minimum atomic E-state index is -0.514. The molecule has 9 nitrogen and oxygen atoms in total. The number of carbonyl (C=O) groups is 2. The van der Waals surface area contributed by atoms with Crippen LogP contribution in [0.5, 0.6) is 0 Å². The highest BCUT2D eigenvalue weighted by Gasteiger charge is 2.33. The summed E-state index contributed by atoms with van der Waals surface area (Å²) in [4.78, 5) is 39.6. The van der Waals surface area contributed by atoms with Crippen molar-refractivity contribution in [1.29, 1.82) is 0 Å². The van der Waals surface area contributed by atoms with Crippen molar-refractivity contribution < 1.29 is 14.4 Å². The number of hydroxylamine groups is 1. The number of fused-ring (bicyclic) bond motifs is 1. The first-order chi connectivity index (χ1) is 21.0. The molecule has 0 radical (unpaired) electrons. The number of aryl methyl sites for hydroxylation is 1. The second kappa shape index (κ2) is 13.0. The maximum atomic E-state index is 13.5. The first-order valence-electron chi connectivity index (χ1n) is 14.6. The number of aromatic nitrogens is 4. The van der Waals surface area contributed by atoms with E-state index in [1.807, 2.05) is 48.5 Å². The van der Waals surface area contributed by atoms with Crippen LogP contribution >= 0.6 is 11.6 Å². The van der Waals surface area contributed by atoms with E-state index in [1.165, 1.54) is 0 Å². The van der Waals surface area contributed by atoms with Gasteiger partial charge in [0.2, 0.25) is 0 Å². The Morgan fingerprint density at radius 1 is 1.02 bits per heavy atom. The standard InChI is InChI=1S/C34H37ClN6O3/c1-21(2)29(24-13-9-10-14-25(24)35)30(40-32(42)28-17-18-36-41(28)5)31-38-26-16-15-23(19-27(26)39-31)34(3,4)20-37-44-33(43)22-11-7-6-8-12-22/h6-19,21,29-30,37H,20H2,1-5H3,(H,38,39)(H,40,42). The van der Waals surface area contributed by atoms with Gasteiger partial charge in [0.05, 0.1) is 22.6 Å². The van der Waals surface area contributed by atoms with E-state index in [2.05, 4.69) is 48.6 Å². The summed E-state index contributed by atoms with van der Waals surface area (Å²) < 4.78 is 1.55. The van der Waals surface area contributed by atoms with Gasteiger partial charge in [-0.1, -0.05) is 81.8 Å². The van der Waals surface area contributed by atoms with Gasteiger partial charge in [-0.25, -0.2) is 9.78 Å². The summed E-state index contributed by atoms with van der Waals surface area (Å²) in [5.41, 5.74) is 6.92. The molecule has 2 atom stereocenters. The molecule has 5 aromatic rings. The molecule has 0 aliphatic carbocycles. The molecule has 1 amide bonds. The Hall–Kier alpha value is -4.47. The number of aromatic amines is 1. The SMILES string of the molecule is CC(C)C(c1ccccc1Cl)C(NC(=O)c1ccnn1C)c1nc2ccc(C(C)(C)CNOC(=O)c3ccccc3)cc2[nH]1. The van der Waals surface area contributed by atoms with Crippen molar-refractivity contribution >= 4 is 34.5 Å². The first kappa shape index (κ1) is 31.0. The van der Waals surface area contributed by atoms with E-state index in [4.69, 9.17) is 21.4 Å². The molecule has 2 unspecified atom stereocenters. The van der Waals surface area contributed by atoms with E-state index in [1.54, 1.807) is 48.3 Å². The number of amides is 1. The molecule has 44 heavy (non-hydrogen) atoms. The van der Waals surface area contributed by atoms with Crippen molar-refractivity contribution in [3.05, 3.63) is 118 Å². The molecule has 10 heteroatoms. The number of H-pyrrole nitrogens is 1. The molecule has 0 saturated carbocycles. The van der Waals surface area contributed by atoms with Gasteiger partial charge in [-0.15, -0.1) is 0 Å². The first-order valence-corrected chi connectivity index (χ1v) is 15.0. The van der Waals surface area contributed by atoms with Gasteiger partial charge < -0.3 is 15.1 Å². The molecule has 3 N–H and O–H groups in total. The van der Waals surface area contributed by atoms with E-state index in [9.17, 15) is 9.59 Å². The van der Waals surface area contributed by atoms with Crippen LogP contribution in [0.3, 0.4) is 0 Å². The van der Waals surface area contributed by atoms with Gasteiger partial charge in [0.1, 0.15) is 11.5 Å². The van der Waals surface area contributed by atoms with Crippen LogP contribution in [0.15, 0.2) is 85.1 Å². The van der Waals surface area contributed by atoms with Gasteiger partial charge in [-0.05, 0) is 53.4 Å². The van der Waals surface area contributed by atoms with Gasteiger partial charge in [0, 0.05) is 36.1 Å². The molecular formula is C34H37ClN6O3. The van der Waals surface area contributed by atoms with Crippen LogP contribution in [0, 0.1) is 5.92 Å². The zero-order valence-corrected chi connectivity index (χ0v) is 26.2. The van der Waals surface area contributed by atoms with Crippen LogP contribution in [0.1, 0.15) is 77.5 Å². The zero-order valence-electron chi connectivity index (χ0n) is 25.5. The van der Waals surface area contributed by atoms with E-state index >= 15 is 0 Å². The molecule has 0 saturated heterocycles. The van der Waals surface area contributed by atoms with Crippen molar-refractivity contribution in [2.45, 2.75) is 45.1 Å². The largest absolute Gasteiger partial charge is 0.367 e. The average Bonchev–Trinajstić information content (AvgIpc) is 3.63. The third-order valence-corrected chi connectivity index (χ3v) is 8.29. The minimum absolute atomic E-state index is 0.110. The van der Waals surface area contributed by atoms with Crippen molar-refractivity contribution in [2.75, 3.05) is 6.54 Å². The van der Waals surface area contributed by atoms with Gasteiger partial charge in [0.25, 0.3) is 5.91 Å². The Bertz CT molecular complexity index is 1760. The van der Waals surface area contributed by atoms with Crippen molar-refractivity contribution in [1.82, 2.24) is 30.5 Å². The summed E-state index contributed by atoms with van der Waals surface area (Å²) in [5.74, 6) is -0.141. The molecule has 3 aromatic carbocycles. The van der Waals surface area contributed by atoms with E-state index < -0.39 is 12.0 Å². The number of benzene rings is 3. The fourth-order valence-corrected chi connectivity index (χ4v) is 5.69. The molecule has 2 heterocycles. The van der Waals surface area contributed by atoms with Crippen LogP contribution in [-0.2, 0) is 17.3 Å². The van der Waals surface area contributed by atoms with Crippen LogP contribution in [-0.4, -0.2) is 38.2 Å². The monoisotopic (exact) mass is 612 g/mol. The second-order valence-corrected chi connectivity index (χ2v) is 12.3. The molecule has 0 aliphatic heterocycles. The molecule has 0 fully saturated rings. The normalized spacial score (nSPS) is 13.2. The topological polar surface area (TPSA) is 114 Å². The summed E-state index contributed by atoms with van der Waals surface area (Å²) in [6.07, 6.45) is 1.60. The Labute approximate surface area is 261 Å². The number of hydrogen-bond donors (Lipinski definition) is 3. The number of hydrogen-bond acceptors (Lipinski definition) is 6. The average molecular weight is 613 g/mol. The Balaban J connectivity index is 1.44. The number of nitrogens with one attached hydrogen (secondary N) is 3. The Morgan fingerprint density at radius 3 is 2.43 bits per heavy atom. The molecule has 2 aromatic heterocycles. The highest BCUT2D eigenvalue weighted by molar-refractivity contribution is 6.31. The quantitative estimate of drug-likeness (QED) is 0.147. The third kappa shape index (κ3) is 6.69. The van der Waals surface area contributed by atoms with Crippen molar-refractivity contribution in [2.24, 2.45) is 13.0 Å². The fourth-order valence-electron chi connectivity index (χ4n) is 5.42. The van der Waals surface area contributed by atoms with Gasteiger partial charge in [-0.2, -0.15) is 10.6 Å². The molecule has 0 spiro atoms. The zero-order chi connectivity index (χ0) is 31.4. The van der Waals surface area contributed by atoms with Crippen molar-refractivity contribution in [3.8, 4) is 0 Å². The van der Waals surface area contributed by atoms with Crippen molar-refractivity contribution in [3.63, 3.8) is 0 Å². The minimum Gasteiger partial charge on any atom is -0.367 e. The summed E-state index contributed by atoms with van der Waals surface area (Å²) in [7, 11) is 1.74. The van der Waals surface area contributed by atoms with Gasteiger partial charge in [-0.3, -0.25) is 9.48 Å². The molecular weight excluding hydrogens is 576 g/mol. The number of rotatable bonds is 11. The summed E-state index contributed by atoms with van der Waals surface area (Å²) in [6, 6.07) is 23.8.